The highest BCUT2D eigenvalue weighted by atomic mass is 35.5. The number of anilines is 2. The van der Waals surface area contributed by atoms with Crippen LogP contribution in [0.3, 0.4) is 0 Å². The van der Waals surface area contributed by atoms with Crippen LogP contribution in [0.15, 0.2) is 42.5 Å². The Balaban J connectivity index is 1.82. The van der Waals surface area contributed by atoms with Crippen LogP contribution in [0.25, 0.3) is 0 Å². The van der Waals surface area contributed by atoms with Gasteiger partial charge in [-0.15, -0.1) is 0 Å². The molecule has 3 atom stereocenters. The van der Waals surface area contributed by atoms with Gasteiger partial charge in [0.15, 0.2) is 0 Å². The Morgan fingerprint density at radius 2 is 1.71 bits per heavy atom. The molecule has 0 aromatic heterocycles. The summed E-state index contributed by atoms with van der Waals surface area (Å²) in [6.45, 7) is 5.87. The van der Waals surface area contributed by atoms with Crippen molar-refractivity contribution < 1.29 is 19.1 Å². The molecule has 184 valence electrons. The van der Waals surface area contributed by atoms with E-state index >= 15 is 0 Å². The van der Waals surface area contributed by atoms with E-state index in [1.807, 2.05) is 0 Å². The van der Waals surface area contributed by atoms with Crippen molar-refractivity contribution in [1.82, 2.24) is 9.80 Å². The van der Waals surface area contributed by atoms with Gasteiger partial charge in [-0.3, -0.25) is 9.69 Å². The van der Waals surface area contributed by atoms with E-state index in [1.165, 1.54) is 0 Å². The summed E-state index contributed by atoms with van der Waals surface area (Å²) in [5.41, 5.74) is 1.56. The topological polar surface area (TPSA) is 83.1 Å². The Hall–Kier alpha value is -2.81. The molecule has 1 aliphatic rings. The normalized spacial score (nSPS) is 22.1. The van der Waals surface area contributed by atoms with Gasteiger partial charge >= 0.3 is 6.03 Å². The largest absolute Gasteiger partial charge is 0.491 e. The van der Waals surface area contributed by atoms with Gasteiger partial charge in [0.25, 0.3) is 5.91 Å². The number of nitrogens with zero attached hydrogens (tertiary/aromatic N) is 2. The van der Waals surface area contributed by atoms with E-state index in [0.29, 0.717) is 40.9 Å². The standard InChI is InChI=1S/C25H33ClN4O4/c1-16-13-29(3)17(2)15-34-22-12-20(28-25(32)27-19-8-6-18(26)7-9-19)10-11-21(22)24(31)30(4)14-23(16)33-5/h6-12,16-17,23H,13-15H2,1-5H3,(H2,27,28,32)/t16-,17+,23+/m0/s1. The highest BCUT2D eigenvalue weighted by Gasteiger charge is 2.27. The van der Waals surface area contributed by atoms with Crippen molar-refractivity contribution in [2.45, 2.75) is 26.0 Å². The fraction of sp³-hybridized carbons (Fsp3) is 0.440. The first kappa shape index (κ1) is 25.8. The number of carbonyl (C=O) groups excluding carboxylic acids is 2. The lowest BCUT2D eigenvalue weighted by Crippen LogP contribution is -2.45. The third kappa shape index (κ3) is 6.62. The summed E-state index contributed by atoms with van der Waals surface area (Å²) in [6.07, 6.45) is -0.0927. The quantitative estimate of drug-likeness (QED) is 0.668. The number of hydrogen-bond donors (Lipinski definition) is 2. The molecule has 0 saturated heterocycles. The van der Waals surface area contributed by atoms with Gasteiger partial charge in [-0.2, -0.15) is 0 Å². The van der Waals surface area contributed by atoms with E-state index in [1.54, 1.807) is 61.5 Å². The number of hydrogen-bond acceptors (Lipinski definition) is 5. The summed E-state index contributed by atoms with van der Waals surface area (Å²) in [6, 6.07) is 11.6. The number of amides is 3. The molecule has 9 heteroatoms. The molecule has 0 aliphatic carbocycles. The fourth-order valence-electron chi connectivity index (χ4n) is 3.86. The van der Waals surface area contributed by atoms with Gasteiger partial charge in [-0.05, 0) is 56.3 Å². The molecule has 2 aromatic carbocycles. The van der Waals surface area contributed by atoms with Gasteiger partial charge in [0, 0.05) is 55.8 Å². The second-order valence-corrected chi connectivity index (χ2v) is 9.27. The maximum atomic E-state index is 13.2. The van der Waals surface area contributed by atoms with E-state index < -0.39 is 6.03 Å². The molecule has 0 fully saturated rings. The van der Waals surface area contributed by atoms with Crippen LogP contribution in [-0.2, 0) is 4.74 Å². The van der Waals surface area contributed by atoms with Crippen molar-refractivity contribution in [3.8, 4) is 5.75 Å². The third-order valence-electron chi connectivity index (χ3n) is 6.12. The Kier molecular flexibility index (Phi) is 8.77. The molecule has 0 bridgehead atoms. The summed E-state index contributed by atoms with van der Waals surface area (Å²) in [7, 11) is 5.49. The summed E-state index contributed by atoms with van der Waals surface area (Å²) in [5, 5.41) is 6.13. The van der Waals surface area contributed by atoms with Crippen LogP contribution >= 0.6 is 11.6 Å². The molecule has 0 radical (unpaired) electrons. The Bertz CT molecular complexity index is 1000. The molecule has 0 unspecified atom stereocenters. The zero-order chi connectivity index (χ0) is 24.8. The first-order valence-corrected chi connectivity index (χ1v) is 11.6. The first-order chi connectivity index (χ1) is 16.2. The van der Waals surface area contributed by atoms with Gasteiger partial charge in [0.05, 0.1) is 11.7 Å². The molecule has 3 rings (SSSR count). The van der Waals surface area contributed by atoms with Crippen LogP contribution < -0.4 is 15.4 Å². The van der Waals surface area contributed by atoms with Gasteiger partial charge < -0.3 is 25.0 Å². The van der Waals surface area contributed by atoms with Crippen LogP contribution in [-0.4, -0.2) is 74.8 Å². The monoisotopic (exact) mass is 488 g/mol. The zero-order valence-corrected chi connectivity index (χ0v) is 21.1. The molecular weight excluding hydrogens is 456 g/mol. The van der Waals surface area contributed by atoms with Gasteiger partial charge in [0.1, 0.15) is 12.4 Å². The molecular formula is C25H33ClN4O4. The lowest BCUT2D eigenvalue weighted by Gasteiger charge is -2.34. The highest BCUT2D eigenvalue weighted by Crippen LogP contribution is 2.27. The minimum atomic E-state index is -0.413. The first-order valence-electron chi connectivity index (χ1n) is 11.3. The predicted molar refractivity (Wildman–Crippen MR) is 135 cm³/mol. The van der Waals surface area contributed by atoms with Crippen LogP contribution in [0, 0.1) is 5.92 Å². The van der Waals surface area contributed by atoms with Gasteiger partial charge in [-0.1, -0.05) is 18.5 Å². The molecule has 2 N–H and O–H groups in total. The average molecular weight is 489 g/mol. The van der Waals surface area contributed by atoms with Crippen LogP contribution in [0.1, 0.15) is 24.2 Å². The summed E-state index contributed by atoms with van der Waals surface area (Å²) >= 11 is 5.89. The van der Waals surface area contributed by atoms with E-state index in [0.717, 1.165) is 6.54 Å². The minimum Gasteiger partial charge on any atom is -0.491 e. The SMILES string of the molecule is CO[C@@H]1CN(C)C(=O)c2ccc(NC(=O)Nc3ccc(Cl)cc3)cc2OC[C@@H](C)N(C)C[C@@H]1C. The number of benzene rings is 2. The predicted octanol–water partition coefficient (Wildman–Crippen LogP) is 4.42. The van der Waals surface area contributed by atoms with Crippen molar-refractivity contribution in [2.75, 3.05) is 51.5 Å². The third-order valence-corrected chi connectivity index (χ3v) is 6.37. The smallest absolute Gasteiger partial charge is 0.323 e. The van der Waals surface area contributed by atoms with Gasteiger partial charge in [-0.25, -0.2) is 4.79 Å². The molecule has 34 heavy (non-hydrogen) atoms. The number of halogens is 1. The lowest BCUT2D eigenvalue weighted by atomic mass is 10.0. The lowest BCUT2D eigenvalue weighted by molar-refractivity contribution is 0.0150. The number of carbonyl (C=O) groups is 2. The van der Waals surface area contributed by atoms with E-state index in [9.17, 15) is 9.59 Å². The highest BCUT2D eigenvalue weighted by molar-refractivity contribution is 6.30. The number of nitrogens with one attached hydrogen (secondary N) is 2. The molecule has 1 heterocycles. The summed E-state index contributed by atoms with van der Waals surface area (Å²) < 4.78 is 11.8. The number of likely N-dealkylation sites (N-methyl/N-ethyl adjacent to an activating group) is 2. The second kappa shape index (κ2) is 11.6. The van der Waals surface area contributed by atoms with Crippen molar-refractivity contribution in [1.29, 1.82) is 0 Å². The molecule has 8 nitrogen and oxygen atoms in total. The average Bonchev–Trinajstić information content (AvgIpc) is 2.81. The van der Waals surface area contributed by atoms with Crippen molar-refractivity contribution in [3.63, 3.8) is 0 Å². The van der Waals surface area contributed by atoms with Crippen LogP contribution in [0.5, 0.6) is 5.75 Å². The minimum absolute atomic E-state index is 0.0927. The second-order valence-electron chi connectivity index (χ2n) is 8.83. The van der Waals surface area contributed by atoms with E-state index in [-0.39, 0.29) is 24.0 Å². The number of ether oxygens (including phenoxy) is 2. The molecule has 0 spiro atoms. The van der Waals surface area contributed by atoms with E-state index in [2.05, 4.69) is 36.4 Å². The Labute approximate surface area is 206 Å². The number of rotatable bonds is 3. The maximum absolute atomic E-state index is 13.2. The van der Waals surface area contributed by atoms with Crippen LogP contribution in [0.4, 0.5) is 16.2 Å². The Morgan fingerprint density at radius 3 is 2.38 bits per heavy atom. The maximum Gasteiger partial charge on any atom is 0.323 e. The van der Waals surface area contributed by atoms with Gasteiger partial charge in [0.2, 0.25) is 0 Å². The van der Waals surface area contributed by atoms with E-state index in [4.69, 9.17) is 21.1 Å². The van der Waals surface area contributed by atoms with Crippen LogP contribution in [0.2, 0.25) is 5.02 Å². The van der Waals surface area contributed by atoms with Crippen molar-refractivity contribution in [3.05, 3.63) is 53.1 Å². The summed E-state index contributed by atoms with van der Waals surface area (Å²) in [5.74, 6) is 0.490. The fourth-order valence-corrected chi connectivity index (χ4v) is 3.98. The summed E-state index contributed by atoms with van der Waals surface area (Å²) in [4.78, 5) is 29.6. The zero-order valence-electron chi connectivity index (χ0n) is 20.3. The molecule has 3 amide bonds. The number of methoxy groups -OCH3 is 1. The van der Waals surface area contributed by atoms with Crippen molar-refractivity contribution in [2.24, 2.45) is 5.92 Å². The molecule has 1 aliphatic heterocycles. The molecule has 0 saturated carbocycles. The number of fused-ring (bicyclic) bond motifs is 1. The number of urea groups is 1. The Morgan fingerprint density at radius 1 is 1.06 bits per heavy atom. The molecule has 2 aromatic rings. The van der Waals surface area contributed by atoms with Crippen molar-refractivity contribution >= 4 is 34.9 Å².